The van der Waals surface area contributed by atoms with Crippen molar-refractivity contribution in [3.63, 3.8) is 0 Å². The fourth-order valence-electron chi connectivity index (χ4n) is 3.35. The topological polar surface area (TPSA) is 70.7 Å². The first-order valence-corrected chi connectivity index (χ1v) is 11.5. The summed E-state index contributed by atoms with van der Waals surface area (Å²) in [7, 11) is 0. The lowest BCUT2D eigenvalue weighted by Gasteiger charge is -2.38. The number of hydrogen-bond donors (Lipinski definition) is 2. The number of hydrazine groups is 1. The van der Waals surface area contributed by atoms with Crippen LogP contribution in [0.15, 0.2) is 71.2 Å². The van der Waals surface area contributed by atoms with E-state index in [1.165, 1.54) is 5.01 Å². The van der Waals surface area contributed by atoms with E-state index in [0.29, 0.717) is 23.4 Å². The van der Waals surface area contributed by atoms with Crippen molar-refractivity contribution < 1.29 is 14.3 Å². The van der Waals surface area contributed by atoms with Crippen molar-refractivity contribution in [2.75, 3.05) is 11.9 Å². The summed E-state index contributed by atoms with van der Waals surface area (Å²) < 4.78 is 7.11. The maximum Gasteiger partial charge on any atom is 0.276 e. The van der Waals surface area contributed by atoms with Crippen molar-refractivity contribution in [1.82, 2.24) is 10.4 Å². The van der Waals surface area contributed by atoms with Gasteiger partial charge in [0.1, 0.15) is 11.9 Å². The number of hydrogen-bond acceptors (Lipinski definition) is 4. The molecule has 0 radical (unpaired) electrons. The number of nitrogens with zero attached hydrogens (tertiary/aromatic N) is 1. The first-order chi connectivity index (χ1) is 15.0. The third kappa shape index (κ3) is 4.54. The molecule has 3 aromatic carbocycles. The molecule has 1 aliphatic rings. The zero-order valence-corrected chi connectivity index (χ0v) is 20.3. The summed E-state index contributed by atoms with van der Waals surface area (Å²) in [5, 5.41) is 4.71. The first-order valence-electron chi connectivity index (χ1n) is 9.66. The fourth-order valence-corrected chi connectivity index (χ4v) is 4.35. The molecule has 0 saturated heterocycles. The molecule has 1 atom stereocenters. The minimum atomic E-state index is -0.581. The SMILES string of the molecule is CCOc1ccc([C@@H]2Nc3ccc(Br)cc3C(=O)N2NC(=O)c2ccccc2I)cc1. The second-order valence-electron chi connectivity index (χ2n) is 6.83. The molecule has 0 aromatic heterocycles. The van der Waals surface area contributed by atoms with Crippen LogP contribution in [-0.4, -0.2) is 23.4 Å². The standard InChI is InChI=1S/C23H19BrIN3O3/c1-2-31-16-10-7-14(8-11-16)21-26-20-12-9-15(24)13-18(20)23(30)28(21)27-22(29)17-5-3-4-6-19(17)25/h3-13,21,26H,2H2,1H3,(H,27,29)/t21-/m1/s1. The minimum absolute atomic E-state index is 0.298. The summed E-state index contributed by atoms with van der Waals surface area (Å²) in [5.41, 5.74) is 5.29. The van der Waals surface area contributed by atoms with E-state index in [-0.39, 0.29) is 11.8 Å². The molecule has 31 heavy (non-hydrogen) atoms. The molecule has 0 spiro atoms. The highest BCUT2D eigenvalue weighted by molar-refractivity contribution is 14.1. The van der Waals surface area contributed by atoms with Crippen LogP contribution in [0.4, 0.5) is 5.69 Å². The number of fused-ring (bicyclic) bond motifs is 1. The van der Waals surface area contributed by atoms with Gasteiger partial charge in [-0.25, -0.2) is 5.01 Å². The van der Waals surface area contributed by atoms with Crippen molar-refractivity contribution >= 4 is 56.0 Å². The lowest BCUT2D eigenvalue weighted by Crippen LogP contribution is -2.53. The Balaban J connectivity index is 1.71. The van der Waals surface area contributed by atoms with Crippen LogP contribution >= 0.6 is 38.5 Å². The zero-order chi connectivity index (χ0) is 22.0. The maximum atomic E-state index is 13.4. The predicted octanol–water partition coefficient (Wildman–Crippen LogP) is 5.36. The van der Waals surface area contributed by atoms with E-state index in [2.05, 4.69) is 49.3 Å². The number of carbonyl (C=O) groups excluding carboxylic acids is 2. The molecule has 2 amide bonds. The molecule has 6 nitrogen and oxygen atoms in total. The Kier molecular flexibility index (Phi) is 6.47. The summed E-state index contributed by atoms with van der Waals surface area (Å²) >= 11 is 5.52. The monoisotopic (exact) mass is 591 g/mol. The van der Waals surface area contributed by atoms with Gasteiger partial charge in [-0.05, 0) is 77.5 Å². The largest absolute Gasteiger partial charge is 0.494 e. The fraction of sp³-hybridized carbons (Fsp3) is 0.130. The molecule has 3 aromatic rings. The zero-order valence-electron chi connectivity index (χ0n) is 16.6. The second-order valence-corrected chi connectivity index (χ2v) is 8.91. The summed E-state index contributed by atoms with van der Waals surface area (Å²) in [4.78, 5) is 26.4. The first kappa shape index (κ1) is 21.6. The van der Waals surface area contributed by atoms with Gasteiger partial charge in [-0.3, -0.25) is 15.0 Å². The molecule has 0 saturated carbocycles. The molecule has 1 aliphatic heterocycles. The van der Waals surface area contributed by atoms with E-state index in [0.717, 1.165) is 19.4 Å². The maximum absolute atomic E-state index is 13.4. The highest BCUT2D eigenvalue weighted by atomic mass is 127. The number of rotatable bonds is 5. The Morgan fingerprint density at radius 2 is 1.90 bits per heavy atom. The van der Waals surface area contributed by atoms with Gasteiger partial charge in [-0.1, -0.05) is 40.2 Å². The molecule has 8 heteroatoms. The third-order valence-electron chi connectivity index (χ3n) is 4.83. The van der Waals surface area contributed by atoms with E-state index in [9.17, 15) is 9.59 Å². The molecule has 0 bridgehead atoms. The van der Waals surface area contributed by atoms with Gasteiger partial charge in [-0.2, -0.15) is 0 Å². The van der Waals surface area contributed by atoms with Crippen molar-refractivity contribution in [1.29, 1.82) is 0 Å². The summed E-state index contributed by atoms with van der Waals surface area (Å²) in [6.07, 6.45) is -0.581. The Morgan fingerprint density at radius 1 is 1.16 bits per heavy atom. The molecule has 158 valence electrons. The van der Waals surface area contributed by atoms with Gasteiger partial charge in [0.15, 0.2) is 0 Å². The normalized spacial score (nSPS) is 15.1. The smallest absolute Gasteiger partial charge is 0.276 e. The molecule has 1 heterocycles. The van der Waals surface area contributed by atoms with Crippen molar-refractivity contribution in [3.05, 3.63) is 91.5 Å². The van der Waals surface area contributed by atoms with Crippen molar-refractivity contribution in [2.45, 2.75) is 13.1 Å². The van der Waals surface area contributed by atoms with E-state index in [1.54, 1.807) is 18.2 Å². The van der Waals surface area contributed by atoms with Crippen LogP contribution < -0.4 is 15.5 Å². The minimum Gasteiger partial charge on any atom is -0.494 e. The van der Waals surface area contributed by atoms with Crippen LogP contribution in [0.2, 0.25) is 0 Å². The molecule has 0 unspecified atom stereocenters. The van der Waals surface area contributed by atoms with Gasteiger partial charge in [0.05, 0.1) is 17.7 Å². The summed E-state index contributed by atoms with van der Waals surface area (Å²) in [6, 6.07) is 20.2. The van der Waals surface area contributed by atoms with Gasteiger partial charge in [0.25, 0.3) is 11.8 Å². The van der Waals surface area contributed by atoms with E-state index >= 15 is 0 Å². The number of anilines is 1. The average molecular weight is 592 g/mol. The highest BCUT2D eigenvalue weighted by Gasteiger charge is 2.35. The molecular formula is C23H19BrIN3O3. The molecule has 0 aliphatic carbocycles. The van der Waals surface area contributed by atoms with Gasteiger partial charge >= 0.3 is 0 Å². The van der Waals surface area contributed by atoms with E-state index in [4.69, 9.17) is 4.74 Å². The van der Waals surface area contributed by atoms with Crippen LogP contribution in [0.25, 0.3) is 0 Å². The average Bonchev–Trinajstić information content (AvgIpc) is 2.77. The van der Waals surface area contributed by atoms with Crippen LogP contribution in [-0.2, 0) is 0 Å². The lowest BCUT2D eigenvalue weighted by molar-refractivity contribution is 0.0490. The molecule has 4 rings (SSSR count). The number of benzene rings is 3. The van der Waals surface area contributed by atoms with E-state index < -0.39 is 6.17 Å². The summed E-state index contributed by atoms with van der Waals surface area (Å²) in [6.45, 7) is 2.49. The predicted molar refractivity (Wildman–Crippen MR) is 131 cm³/mol. The van der Waals surface area contributed by atoms with Crippen molar-refractivity contribution in [3.8, 4) is 5.75 Å². The van der Waals surface area contributed by atoms with Gasteiger partial charge < -0.3 is 10.1 Å². The second kappa shape index (κ2) is 9.27. The quantitative estimate of drug-likeness (QED) is 0.392. The molecule has 2 N–H and O–H groups in total. The number of ether oxygens (including phenoxy) is 1. The Hall–Kier alpha value is -2.59. The Bertz CT molecular complexity index is 1140. The molecule has 0 fully saturated rings. The number of halogens is 2. The Labute approximate surface area is 202 Å². The van der Waals surface area contributed by atoms with Crippen molar-refractivity contribution in [2.24, 2.45) is 0 Å². The van der Waals surface area contributed by atoms with Crippen LogP contribution in [0.3, 0.4) is 0 Å². The van der Waals surface area contributed by atoms with Gasteiger partial charge in [0, 0.05) is 13.7 Å². The van der Waals surface area contributed by atoms with E-state index in [1.807, 2.05) is 55.5 Å². The van der Waals surface area contributed by atoms with Crippen LogP contribution in [0.5, 0.6) is 5.75 Å². The van der Waals surface area contributed by atoms with Gasteiger partial charge in [0.2, 0.25) is 0 Å². The lowest BCUT2D eigenvalue weighted by atomic mass is 10.0. The Morgan fingerprint density at radius 3 is 2.61 bits per heavy atom. The third-order valence-corrected chi connectivity index (χ3v) is 6.26. The number of carbonyl (C=O) groups is 2. The number of nitrogens with one attached hydrogen (secondary N) is 2. The molecular weight excluding hydrogens is 573 g/mol. The number of amides is 2. The van der Waals surface area contributed by atoms with Gasteiger partial charge in [-0.15, -0.1) is 0 Å². The van der Waals surface area contributed by atoms with Crippen LogP contribution in [0, 0.1) is 3.57 Å². The van der Waals surface area contributed by atoms with Crippen LogP contribution in [0.1, 0.15) is 39.4 Å². The highest BCUT2D eigenvalue weighted by Crippen LogP contribution is 2.34. The summed E-state index contributed by atoms with van der Waals surface area (Å²) in [5.74, 6) is 0.0925.